The molecular formula is C26H33N6O9P. The Balaban J connectivity index is 0.000000531. The van der Waals surface area contributed by atoms with Gasteiger partial charge in [-0.3, -0.25) is 9.36 Å². The number of ether oxygens (including phenoxy) is 2. The van der Waals surface area contributed by atoms with Gasteiger partial charge < -0.3 is 34.5 Å². The van der Waals surface area contributed by atoms with Gasteiger partial charge in [0.15, 0.2) is 11.5 Å². The molecular weight excluding hydrogens is 571 g/mol. The quantitative estimate of drug-likeness (QED) is 0.125. The summed E-state index contributed by atoms with van der Waals surface area (Å²) in [6.07, 6.45) is 6.16. The smallest absolute Gasteiger partial charge is 0.342 e. The summed E-state index contributed by atoms with van der Waals surface area (Å²) in [6.45, 7) is 3.82. The average Bonchev–Trinajstić information content (AvgIpc) is 3.33. The van der Waals surface area contributed by atoms with Crippen LogP contribution in [0, 0.1) is 0 Å². The molecule has 226 valence electrons. The maximum Gasteiger partial charge on any atom is 0.342 e. The molecule has 2 heterocycles. The van der Waals surface area contributed by atoms with Gasteiger partial charge in [0, 0.05) is 12.2 Å². The van der Waals surface area contributed by atoms with Crippen molar-refractivity contribution in [3.8, 4) is 5.75 Å². The molecule has 1 aromatic carbocycles. The monoisotopic (exact) mass is 604 g/mol. The number of rotatable bonds is 13. The lowest BCUT2D eigenvalue weighted by molar-refractivity contribution is -0.154. The largest absolute Gasteiger partial charge is 0.478 e. The van der Waals surface area contributed by atoms with Crippen molar-refractivity contribution in [1.29, 1.82) is 0 Å². The van der Waals surface area contributed by atoms with Crippen LogP contribution < -0.4 is 15.3 Å². The number of carbonyl (C=O) groups excluding carboxylic acids is 1. The lowest BCUT2D eigenvalue weighted by Crippen LogP contribution is -2.39. The Bertz CT molecular complexity index is 1430. The highest BCUT2D eigenvalue weighted by Gasteiger charge is 2.33. The molecule has 15 nitrogen and oxygen atoms in total. The van der Waals surface area contributed by atoms with Gasteiger partial charge >= 0.3 is 25.4 Å². The Morgan fingerprint density at radius 1 is 1.12 bits per heavy atom. The maximum absolute atomic E-state index is 13.7. The molecule has 0 radical (unpaired) electrons. The Morgan fingerprint density at radius 2 is 1.79 bits per heavy atom. The molecule has 5 N–H and O–H groups in total. The number of nitrogens with one attached hydrogen (secondary N) is 1. The van der Waals surface area contributed by atoms with Crippen LogP contribution >= 0.6 is 7.52 Å². The third-order valence-corrected chi connectivity index (χ3v) is 7.63. The summed E-state index contributed by atoms with van der Waals surface area (Å²) in [4.78, 5) is 44.0. The number of carboxylic acid groups (broad SMARTS) is 2. The number of hydrogen-bond acceptors (Lipinski definition) is 11. The van der Waals surface area contributed by atoms with Crippen molar-refractivity contribution in [2.45, 2.75) is 57.9 Å². The third kappa shape index (κ3) is 9.94. The fourth-order valence-corrected chi connectivity index (χ4v) is 5.36. The van der Waals surface area contributed by atoms with Crippen molar-refractivity contribution in [3.63, 3.8) is 0 Å². The van der Waals surface area contributed by atoms with Crippen LogP contribution in [-0.2, 0) is 35.0 Å². The topological polar surface area (TPSA) is 218 Å². The predicted octanol–water partition coefficient (Wildman–Crippen LogP) is 2.83. The lowest BCUT2D eigenvalue weighted by Gasteiger charge is -2.28. The van der Waals surface area contributed by atoms with Gasteiger partial charge in [-0.05, 0) is 45.2 Å². The predicted molar refractivity (Wildman–Crippen MR) is 151 cm³/mol. The van der Waals surface area contributed by atoms with E-state index < -0.39 is 31.5 Å². The highest BCUT2D eigenvalue weighted by atomic mass is 31.2. The minimum atomic E-state index is -3.63. The number of carboxylic acids is 2. The van der Waals surface area contributed by atoms with Crippen LogP contribution in [0.1, 0.15) is 33.1 Å². The molecule has 2 aromatic heterocycles. The average molecular weight is 605 g/mol. The molecule has 0 amide bonds. The lowest BCUT2D eigenvalue weighted by atomic mass is 9.96. The molecule has 3 aromatic rings. The molecule has 0 bridgehead atoms. The minimum absolute atomic E-state index is 0.0645. The Hall–Kier alpha value is -4.33. The van der Waals surface area contributed by atoms with Gasteiger partial charge in [0.2, 0.25) is 0 Å². The van der Waals surface area contributed by atoms with Crippen LogP contribution in [0.25, 0.3) is 11.2 Å². The molecule has 3 atom stereocenters. The van der Waals surface area contributed by atoms with E-state index in [-0.39, 0.29) is 18.6 Å². The number of esters is 1. The number of nitrogens with zero attached hydrogens (tertiary/aromatic N) is 4. The SMILES string of the molecule is CC(Cn1cnc2c(N)ncnc21)OCP(=O)(NC(C)C(=O)OC1CCC1)Oc1ccccc1.O=C(O)/C=C/C(=O)O. The molecule has 1 fully saturated rings. The number of nitrogens with two attached hydrogens (primary N) is 1. The van der Waals surface area contributed by atoms with Crippen molar-refractivity contribution in [3.05, 3.63) is 55.1 Å². The number of imidazole rings is 1. The first-order valence-electron chi connectivity index (χ1n) is 12.9. The Kier molecular flexibility index (Phi) is 11.5. The third-order valence-electron chi connectivity index (χ3n) is 5.86. The van der Waals surface area contributed by atoms with Crippen LogP contribution in [0.4, 0.5) is 5.82 Å². The van der Waals surface area contributed by atoms with Crippen LogP contribution in [0.2, 0.25) is 0 Å². The summed E-state index contributed by atoms with van der Waals surface area (Å²) in [7, 11) is -3.63. The molecule has 16 heteroatoms. The van der Waals surface area contributed by atoms with E-state index in [4.69, 9.17) is 29.9 Å². The molecule has 1 aliphatic carbocycles. The van der Waals surface area contributed by atoms with Gasteiger partial charge in [0.1, 0.15) is 36.1 Å². The molecule has 0 spiro atoms. The van der Waals surface area contributed by atoms with E-state index in [0.717, 1.165) is 19.3 Å². The van der Waals surface area contributed by atoms with Crippen molar-refractivity contribution in [2.75, 3.05) is 12.1 Å². The number of aromatic nitrogens is 4. The minimum Gasteiger partial charge on any atom is -0.478 e. The van der Waals surface area contributed by atoms with Crippen LogP contribution in [0.15, 0.2) is 55.1 Å². The van der Waals surface area contributed by atoms with Gasteiger partial charge in [0.05, 0.1) is 19.0 Å². The van der Waals surface area contributed by atoms with Crippen molar-refractivity contribution in [2.24, 2.45) is 0 Å². The molecule has 0 saturated heterocycles. The van der Waals surface area contributed by atoms with Crippen molar-refractivity contribution in [1.82, 2.24) is 24.6 Å². The van der Waals surface area contributed by atoms with E-state index in [0.29, 0.717) is 41.4 Å². The number of hydrogen-bond donors (Lipinski definition) is 4. The number of nitrogen functional groups attached to an aromatic ring is 1. The number of para-hydroxylation sites is 1. The summed E-state index contributed by atoms with van der Waals surface area (Å²) >= 11 is 0. The zero-order chi connectivity index (χ0) is 30.7. The number of fused-ring (bicyclic) bond motifs is 1. The van der Waals surface area contributed by atoms with E-state index in [1.54, 1.807) is 42.1 Å². The van der Waals surface area contributed by atoms with E-state index in [9.17, 15) is 18.9 Å². The van der Waals surface area contributed by atoms with Crippen LogP contribution in [0.3, 0.4) is 0 Å². The second-order valence-electron chi connectivity index (χ2n) is 9.36. The number of aliphatic carboxylic acids is 2. The molecule has 0 aliphatic heterocycles. The van der Waals surface area contributed by atoms with Crippen LogP contribution in [0.5, 0.6) is 5.75 Å². The fraction of sp³-hybridized carbons (Fsp3) is 0.385. The van der Waals surface area contributed by atoms with Gasteiger partial charge in [-0.1, -0.05) is 18.2 Å². The molecule has 4 rings (SSSR count). The number of benzene rings is 1. The first-order chi connectivity index (χ1) is 20.0. The molecule has 42 heavy (non-hydrogen) atoms. The zero-order valence-corrected chi connectivity index (χ0v) is 23.9. The first-order valence-corrected chi connectivity index (χ1v) is 14.8. The summed E-state index contributed by atoms with van der Waals surface area (Å²) in [5.74, 6) is -2.27. The summed E-state index contributed by atoms with van der Waals surface area (Å²) in [5.41, 5.74) is 6.93. The molecule has 1 saturated carbocycles. The highest BCUT2D eigenvalue weighted by molar-refractivity contribution is 7.57. The zero-order valence-electron chi connectivity index (χ0n) is 23.0. The second kappa shape index (κ2) is 15.1. The van der Waals surface area contributed by atoms with E-state index in [1.807, 2.05) is 13.0 Å². The summed E-state index contributed by atoms with van der Waals surface area (Å²) in [5, 5.41) is 18.4. The fourth-order valence-electron chi connectivity index (χ4n) is 3.57. The van der Waals surface area contributed by atoms with Crippen LogP contribution in [-0.4, -0.2) is 72.2 Å². The first kappa shape index (κ1) is 32.2. The van der Waals surface area contributed by atoms with Gasteiger partial charge in [-0.15, -0.1) is 0 Å². The molecule has 1 aliphatic rings. The Morgan fingerprint density at radius 3 is 2.38 bits per heavy atom. The van der Waals surface area contributed by atoms with Gasteiger partial charge in [-0.25, -0.2) is 29.6 Å². The molecule has 3 unspecified atom stereocenters. The summed E-state index contributed by atoms with van der Waals surface area (Å²) < 4.78 is 32.6. The standard InChI is InChI=1S/C22H29N6O5P.C4H4O4/c1-15(11-28-13-26-19-20(23)24-12-25-21(19)28)31-14-34(30,33-18-7-4-3-5-8-18)27-16(2)22(29)32-17-9-6-10-17;5-3(6)1-2-4(7)8/h3-5,7-8,12-13,15-17H,6,9-11,14H2,1-2H3,(H,27,30)(H2,23,24,25);1-2H,(H,5,6)(H,7,8)/b;2-1+. The maximum atomic E-state index is 13.7. The number of anilines is 1. The number of carbonyl (C=O) groups is 3. The van der Waals surface area contributed by atoms with E-state index in [1.165, 1.54) is 6.33 Å². The normalized spacial score (nSPS) is 16.0. The summed E-state index contributed by atoms with van der Waals surface area (Å²) in [6, 6.07) is 7.93. The van der Waals surface area contributed by atoms with E-state index >= 15 is 0 Å². The van der Waals surface area contributed by atoms with E-state index in [2.05, 4.69) is 20.0 Å². The van der Waals surface area contributed by atoms with Gasteiger partial charge in [-0.2, -0.15) is 0 Å². The van der Waals surface area contributed by atoms with Crippen molar-refractivity contribution < 1.29 is 43.2 Å². The second-order valence-corrected chi connectivity index (χ2v) is 11.4. The highest BCUT2D eigenvalue weighted by Crippen LogP contribution is 2.44. The van der Waals surface area contributed by atoms with Crippen molar-refractivity contribution >= 4 is 42.4 Å². The Labute approximate surface area is 241 Å². The van der Waals surface area contributed by atoms with Gasteiger partial charge in [0.25, 0.3) is 0 Å².